The number of carbonyl (C=O) groups excluding carboxylic acids is 4. The van der Waals surface area contributed by atoms with Crippen molar-refractivity contribution in [2.24, 2.45) is 0 Å². The second-order valence-electron chi connectivity index (χ2n) is 7.29. The minimum absolute atomic E-state index is 0.110. The molecule has 0 N–H and O–H groups in total. The van der Waals surface area contributed by atoms with Gasteiger partial charge in [0.15, 0.2) is 0 Å². The first-order valence-electron chi connectivity index (χ1n) is 9.43. The quantitative estimate of drug-likeness (QED) is 0.705. The molecule has 0 aromatic heterocycles. The maximum atomic E-state index is 12.5. The van der Waals surface area contributed by atoms with Gasteiger partial charge < -0.3 is 4.74 Å². The highest BCUT2D eigenvalue weighted by atomic mass is 16.5. The smallest absolute Gasteiger partial charge is 0.261 e. The monoisotopic (exact) mass is 392 g/mol. The van der Waals surface area contributed by atoms with E-state index in [-0.39, 0.29) is 36.8 Å². The van der Waals surface area contributed by atoms with Crippen LogP contribution >= 0.6 is 0 Å². The molecule has 0 fully saturated rings. The molecule has 2 aliphatic heterocycles. The summed E-state index contributed by atoms with van der Waals surface area (Å²) >= 11 is 0. The summed E-state index contributed by atoms with van der Waals surface area (Å²) in [5, 5.41) is 0. The van der Waals surface area contributed by atoms with Gasteiger partial charge in [0.05, 0.1) is 47.6 Å². The first-order chi connectivity index (χ1) is 13.9. The number of amides is 4. The Hall–Kier alpha value is -3.32. The van der Waals surface area contributed by atoms with Crippen molar-refractivity contribution in [3.63, 3.8) is 0 Å². The number of rotatable bonds is 6. The molecular weight excluding hydrogens is 372 g/mol. The maximum Gasteiger partial charge on any atom is 0.261 e. The van der Waals surface area contributed by atoms with E-state index in [2.05, 4.69) is 0 Å². The lowest BCUT2D eigenvalue weighted by atomic mass is 10.1. The Morgan fingerprint density at radius 3 is 1.17 bits per heavy atom. The average molecular weight is 392 g/mol. The molecule has 0 spiro atoms. The van der Waals surface area contributed by atoms with Crippen LogP contribution in [0.3, 0.4) is 0 Å². The minimum atomic E-state index is -0.475. The molecule has 0 unspecified atom stereocenters. The van der Waals surface area contributed by atoms with Crippen molar-refractivity contribution in [2.75, 3.05) is 13.2 Å². The Morgan fingerprint density at radius 1 is 0.621 bits per heavy atom. The van der Waals surface area contributed by atoms with E-state index >= 15 is 0 Å². The third-order valence-electron chi connectivity index (χ3n) is 5.25. The van der Waals surface area contributed by atoms with E-state index in [1.165, 1.54) is 9.80 Å². The highest BCUT2D eigenvalue weighted by molar-refractivity contribution is 6.22. The molecule has 0 saturated carbocycles. The summed E-state index contributed by atoms with van der Waals surface area (Å²) in [6.45, 7) is 3.68. The molecule has 2 heterocycles. The van der Waals surface area contributed by atoms with Crippen LogP contribution in [0.5, 0.6) is 0 Å². The second-order valence-corrected chi connectivity index (χ2v) is 7.29. The summed E-state index contributed by atoms with van der Waals surface area (Å²) in [6, 6.07) is 12.5. The standard InChI is InChI=1S/C22H20N2O5/c1-13(23-19(25)15-7-3-4-8-16(15)20(23)26)11-29-12-14(2)24-21(27)17-9-5-6-10-18(17)22(24)28/h3-10,13-14H,11-12H2,1-2H3/t13-,14-/m0/s1. The van der Waals surface area contributed by atoms with Gasteiger partial charge in [-0.3, -0.25) is 29.0 Å². The van der Waals surface area contributed by atoms with Crippen molar-refractivity contribution in [1.29, 1.82) is 0 Å². The van der Waals surface area contributed by atoms with Crippen LogP contribution in [-0.4, -0.2) is 58.7 Å². The number of carbonyl (C=O) groups is 4. The molecule has 2 atom stereocenters. The van der Waals surface area contributed by atoms with Crippen LogP contribution in [0, 0.1) is 0 Å². The summed E-state index contributed by atoms with van der Waals surface area (Å²) in [4.78, 5) is 52.5. The van der Waals surface area contributed by atoms with Gasteiger partial charge in [0.2, 0.25) is 0 Å². The summed E-state index contributed by atoms with van der Waals surface area (Å²) < 4.78 is 5.68. The zero-order valence-corrected chi connectivity index (χ0v) is 16.1. The van der Waals surface area contributed by atoms with Crippen molar-refractivity contribution in [2.45, 2.75) is 25.9 Å². The fraction of sp³-hybridized carbons (Fsp3) is 0.273. The Labute approximate surface area is 167 Å². The number of benzene rings is 2. The molecule has 2 aliphatic rings. The molecule has 0 aliphatic carbocycles. The topological polar surface area (TPSA) is 84.0 Å². The van der Waals surface area contributed by atoms with E-state index in [4.69, 9.17) is 4.74 Å². The third-order valence-corrected chi connectivity index (χ3v) is 5.25. The van der Waals surface area contributed by atoms with E-state index in [1.807, 2.05) is 0 Å². The molecule has 0 bridgehead atoms. The molecule has 7 heteroatoms. The van der Waals surface area contributed by atoms with Gasteiger partial charge in [0.1, 0.15) is 0 Å². The number of nitrogens with zero attached hydrogens (tertiary/aromatic N) is 2. The van der Waals surface area contributed by atoms with Crippen molar-refractivity contribution in [3.8, 4) is 0 Å². The summed E-state index contributed by atoms with van der Waals surface area (Å²) in [5.41, 5.74) is 1.57. The predicted octanol–water partition coefficient (Wildman–Crippen LogP) is 2.37. The lowest BCUT2D eigenvalue weighted by Gasteiger charge is -2.25. The van der Waals surface area contributed by atoms with E-state index in [9.17, 15) is 19.2 Å². The van der Waals surface area contributed by atoms with Crippen molar-refractivity contribution < 1.29 is 23.9 Å². The third kappa shape index (κ3) is 3.03. The first-order valence-corrected chi connectivity index (χ1v) is 9.43. The summed E-state index contributed by atoms with van der Waals surface area (Å²) in [7, 11) is 0. The molecule has 29 heavy (non-hydrogen) atoms. The number of hydrogen-bond donors (Lipinski definition) is 0. The highest BCUT2D eigenvalue weighted by Gasteiger charge is 2.40. The van der Waals surface area contributed by atoms with Crippen LogP contribution < -0.4 is 0 Å². The Kier molecular flexibility index (Phi) is 4.76. The van der Waals surface area contributed by atoms with E-state index < -0.39 is 12.1 Å². The van der Waals surface area contributed by atoms with Crippen molar-refractivity contribution in [3.05, 3.63) is 70.8 Å². The average Bonchev–Trinajstić information content (AvgIpc) is 3.13. The highest BCUT2D eigenvalue weighted by Crippen LogP contribution is 2.26. The molecule has 2 aromatic rings. The van der Waals surface area contributed by atoms with Crippen LogP contribution in [0.4, 0.5) is 0 Å². The van der Waals surface area contributed by atoms with Gasteiger partial charge in [0, 0.05) is 0 Å². The Morgan fingerprint density at radius 2 is 0.897 bits per heavy atom. The SMILES string of the molecule is C[C@@H](COC[C@H](C)N1C(=O)c2ccccc2C1=O)N1C(=O)c2ccccc2C1=O. The van der Waals surface area contributed by atoms with E-state index in [0.29, 0.717) is 22.3 Å². The zero-order valence-electron chi connectivity index (χ0n) is 16.1. The maximum absolute atomic E-state index is 12.5. The molecule has 2 aromatic carbocycles. The Balaban J connectivity index is 1.36. The summed E-state index contributed by atoms with van der Waals surface area (Å²) in [6.07, 6.45) is 0. The molecule has 148 valence electrons. The fourth-order valence-corrected chi connectivity index (χ4v) is 3.77. The van der Waals surface area contributed by atoms with Gasteiger partial charge >= 0.3 is 0 Å². The lowest BCUT2D eigenvalue weighted by molar-refractivity contribution is 0.0273. The molecule has 0 radical (unpaired) electrons. The van der Waals surface area contributed by atoms with Crippen LogP contribution in [0.2, 0.25) is 0 Å². The number of hydrogen-bond acceptors (Lipinski definition) is 5. The number of ether oxygens (including phenoxy) is 1. The number of fused-ring (bicyclic) bond motifs is 2. The van der Waals surface area contributed by atoms with E-state index in [0.717, 1.165) is 0 Å². The van der Waals surface area contributed by atoms with E-state index in [1.54, 1.807) is 62.4 Å². The van der Waals surface area contributed by atoms with Crippen LogP contribution in [-0.2, 0) is 4.74 Å². The van der Waals surface area contributed by atoms with Gasteiger partial charge in [-0.15, -0.1) is 0 Å². The van der Waals surface area contributed by atoms with Gasteiger partial charge in [-0.05, 0) is 38.1 Å². The fourth-order valence-electron chi connectivity index (χ4n) is 3.77. The van der Waals surface area contributed by atoms with Crippen molar-refractivity contribution in [1.82, 2.24) is 9.80 Å². The van der Waals surface area contributed by atoms with Crippen molar-refractivity contribution >= 4 is 23.6 Å². The second kappa shape index (κ2) is 7.25. The Bertz CT molecular complexity index is 880. The first kappa shape index (κ1) is 19.0. The van der Waals surface area contributed by atoms with Gasteiger partial charge in [0.25, 0.3) is 23.6 Å². The van der Waals surface area contributed by atoms with Gasteiger partial charge in [-0.2, -0.15) is 0 Å². The van der Waals surface area contributed by atoms with Crippen LogP contribution in [0.25, 0.3) is 0 Å². The van der Waals surface area contributed by atoms with Crippen LogP contribution in [0.15, 0.2) is 48.5 Å². The largest absolute Gasteiger partial charge is 0.377 e. The summed E-state index contributed by atoms with van der Waals surface area (Å²) in [5.74, 6) is -1.35. The molecular formula is C22H20N2O5. The predicted molar refractivity (Wildman–Crippen MR) is 104 cm³/mol. The van der Waals surface area contributed by atoms with Crippen LogP contribution in [0.1, 0.15) is 55.3 Å². The minimum Gasteiger partial charge on any atom is -0.377 e. The van der Waals surface area contributed by atoms with Gasteiger partial charge in [-0.1, -0.05) is 24.3 Å². The number of imide groups is 2. The molecule has 4 amide bonds. The normalized spacial score (nSPS) is 17.6. The lowest BCUT2D eigenvalue weighted by Crippen LogP contribution is -2.43. The van der Waals surface area contributed by atoms with Gasteiger partial charge in [-0.25, -0.2) is 0 Å². The molecule has 4 rings (SSSR count). The molecule has 0 saturated heterocycles. The zero-order chi connectivity index (χ0) is 20.7. The molecule has 7 nitrogen and oxygen atoms in total.